The van der Waals surface area contributed by atoms with Crippen LogP contribution in [0.1, 0.15) is 38.2 Å². The molecule has 18 heavy (non-hydrogen) atoms. The molecule has 0 amide bonds. The van der Waals surface area contributed by atoms with Crippen molar-refractivity contribution in [2.24, 2.45) is 0 Å². The second kappa shape index (κ2) is 9.66. The minimum atomic E-state index is -0.155. The van der Waals surface area contributed by atoms with Crippen molar-refractivity contribution >= 4 is 5.97 Å². The predicted octanol–water partition coefficient (Wildman–Crippen LogP) is 3.33. The Morgan fingerprint density at radius 1 is 1.11 bits per heavy atom. The number of carbonyl (C=O) groups excluding carboxylic acids is 1. The van der Waals surface area contributed by atoms with Crippen molar-refractivity contribution in [2.75, 3.05) is 13.2 Å². The summed E-state index contributed by atoms with van der Waals surface area (Å²) in [7, 11) is 0. The Morgan fingerprint density at radius 3 is 2.56 bits per heavy atom. The first-order valence-corrected chi connectivity index (χ1v) is 6.60. The fourth-order valence-electron chi connectivity index (χ4n) is 1.48. The highest BCUT2D eigenvalue weighted by Gasteiger charge is 2.02. The zero-order valence-electron chi connectivity index (χ0n) is 11.1. The van der Waals surface area contributed by atoms with Crippen molar-refractivity contribution in [2.45, 2.75) is 39.2 Å². The largest absolute Gasteiger partial charge is 0.461 e. The molecular formula is C15H22O3. The Labute approximate surface area is 109 Å². The van der Waals surface area contributed by atoms with E-state index in [-0.39, 0.29) is 5.97 Å². The summed E-state index contributed by atoms with van der Waals surface area (Å²) in [5.74, 6) is -0.155. The van der Waals surface area contributed by atoms with Crippen LogP contribution in [-0.4, -0.2) is 19.2 Å². The Hall–Kier alpha value is -1.35. The molecule has 0 fully saturated rings. The van der Waals surface area contributed by atoms with E-state index in [1.165, 1.54) is 0 Å². The lowest BCUT2D eigenvalue weighted by atomic mass is 10.2. The van der Waals surface area contributed by atoms with Gasteiger partial charge in [0.25, 0.3) is 0 Å². The molecule has 0 atom stereocenters. The first-order valence-electron chi connectivity index (χ1n) is 6.60. The summed E-state index contributed by atoms with van der Waals surface area (Å²) in [6.07, 6.45) is 3.38. The monoisotopic (exact) mass is 250 g/mol. The molecule has 3 nitrogen and oxygen atoms in total. The lowest BCUT2D eigenvalue weighted by Crippen LogP contribution is -2.06. The topological polar surface area (TPSA) is 35.5 Å². The fraction of sp³-hybridized carbons (Fsp3) is 0.533. The Bertz CT molecular complexity index is 322. The van der Waals surface area contributed by atoms with Crippen molar-refractivity contribution < 1.29 is 14.3 Å². The van der Waals surface area contributed by atoms with Crippen LogP contribution < -0.4 is 0 Å². The predicted molar refractivity (Wildman–Crippen MR) is 71.2 cm³/mol. The molecule has 0 aromatic heterocycles. The van der Waals surface area contributed by atoms with Crippen LogP contribution in [0, 0.1) is 0 Å². The number of unbranched alkanes of at least 4 members (excludes halogenated alkanes) is 1. The summed E-state index contributed by atoms with van der Waals surface area (Å²) in [4.78, 5) is 11.4. The zero-order chi connectivity index (χ0) is 13.1. The van der Waals surface area contributed by atoms with E-state index >= 15 is 0 Å². The van der Waals surface area contributed by atoms with E-state index in [0.29, 0.717) is 19.6 Å². The van der Waals surface area contributed by atoms with Crippen molar-refractivity contribution in [3.63, 3.8) is 0 Å². The third-order valence-electron chi connectivity index (χ3n) is 2.55. The van der Waals surface area contributed by atoms with Gasteiger partial charge in [-0.3, -0.25) is 4.79 Å². The summed E-state index contributed by atoms with van der Waals surface area (Å²) < 4.78 is 10.5. The summed E-state index contributed by atoms with van der Waals surface area (Å²) >= 11 is 0. The van der Waals surface area contributed by atoms with Crippen LogP contribution in [-0.2, 0) is 20.9 Å². The molecule has 0 aliphatic rings. The molecule has 0 N–H and O–H groups in total. The standard InChI is InChI=1S/C15H22O3/c1-2-3-11-17-12-7-10-15(16)18-13-14-8-5-4-6-9-14/h4-6,8-9H,2-3,7,10-13H2,1H3. The normalized spacial score (nSPS) is 10.3. The fourth-order valence-corrected chi connectivity index (χ4v) is 1.48. The van der Waals surface area contributed by atoms with Crippen LogP contribution in [0.15, 0.2) is 30.3 Å². The molecule has 0 unspecified atom stereocenters. The molecule has 0 heterocycles. The highest BCUT2D eigenvalue weighted by Crippen LogP contribution is 2.03. The number of ether oxygens (including phenoxy) is 2. The zero-order valence-corrected chi connectivity index (χ0v) is 11.1. The Morgan fingerprint density at radius 2 is 1.83 bits per heavy atom. The lowest BCUT2D eigenvalue weighted by molar-refractivity contribution is -0.145. The van der Waals surface area contributed by atoms with Crippen molar-refractivity contribution in [3.8, 4) is 0 Å². The maximum atomic E-state index is 11.4. The number of benzene rings is 1. The number of carbonyl (C=O) groups is 1. The maximum absolute atomic E-state index is 11.4. The van der Waals surface area contributed by atoms with Gasteiger partial charge < -0.3 is 9.47 Å². The van der Waals surface area contributed by atoms with E-state index < -0.39 is 0 Å². The van der Waals surface area contributed by atoms with Gasteiger partial charge >= 0.3 is 5.97 Å². The summed E-state index contributed by atoms with van der Waals surface area (Å²) in [6, 6.07) is 9.71. The van der Waals surface area contributed by atoms with Gasteiger partial charge in [-0.1, -0.05) is 43.7 Å². The van der Waals surface area contributed by atoms with E-state index in [4.69, 9.17) is 9.47 Å². The van der Waals surface area contributed by atoms with E-state index in [2.05, 4.69) is 6.92 Å². The molecule has 0 spiro atoms. The van der Waals surface area contributed by atoms with Gasteiger partial charge in [0.2, 0.25) is 0 Å². The first-order chi connectivity index (χ1) is 8.83. The number of hydrogen-bond donors (Lipinski definition) is 0. The van der Waals surface area contributed by atoms with Crippen LogP contribution >= 0.6 is 0 Å². The quantitative estimate of drug-likeness (QED) is 0.498. The van der Waals surface area contributed by atoms with Gasteiger partial charge in [0, 0.05) is 19.6 Å². The van der Waals surface area contributed by atoms with Crippen LogP contribution in [0.3, 0.4) is 0 Å². The Kier molecular flexibility index (Phi) is 7.89. The smallest absolute Gasteiger partial charge is 0.306 e. The van der Waals surface area contributed by atoms with E-state index in [9.17, 15) is 4.79 Å². The molecule has 100 valence electrons. The van der Waals surface area contributed by atoms with Crippen molar-refractivity contribution in [1.82, 2.24) is 0 Å². The van der Waals surface area contributed by atoms with Gasteiger partial charge in [0.15, 0.2) is 0 Å². The van der Waals surface area contributed by atoms with Crippen LogP contribution in [0.25, 0.3) is 0 Å². The molecule has 0 saturated carbocycles. The average molecular weight is 250 g/mol. The highest BCUT2D eigenvalue weighted by atomic mass is 16.5. The highest BCUT2D eigenvalue weighted by molar-refractivity contribution is 5.69. The number of rotatable bonds is 9. The molecule has 1 aromatic carbocycles. The van der Waals surface area contributed by atoms with Crippen molar-refractivity contribution in [1.29, 1.82) is 0 Å². The average Bonchev–Trinajstić information content (AvgIpc) is 2.41. The van der Waals surface area contributed by atoms with Crippen LogP contribution in [0.2, 0.25) is 0 Å². The van der Waals surface area contributed by atoms with Gasteiger partial charge in [-0.05, 0) is 18.4 Å². The minimum Gasteiger partial charge on any atom is -0.461 e. The van der Waals surface area contributed by atoms with E-state index in [1.54, 1.807) is 0 Å². The molecule has 0 radical (unpaired) electrons. The second-order valence-electron chi connectivity index (χ2n) is 4.22. The summed E-state index contributed by atoms with van der Waals surface area (Å²) in [5.41, 5.74) is 1.02. The molecule has 0 aliphatic heterocycles. The molecule has 1 rings (SSSR count). The molecular weight excluding hydrogens is 228 g/mol. The number of esters is 1. The van der Waals surface area contributed by atoms with Crippen LogP contribution in [0.4, 0.5) is 0 Å². The van der Waals surface area contributed by atoms with Gasteiger partial charge in [-0.15, -0.1) is 0 Å². The van der Waals surface area contributed by atoms with Gasteiger partial charge in [0.05, 0.1) is 0 Å². The van der Waals surface area contributed by atoms with E-state index in [1.807, 2.05) is 30.3 Å². The summed E-state index contributed by atoms with van der Waals surface area (Å²) in [5, 5.41) is 0. The van der Waals surface area contributed by atoms with Crippen molar-refractivity contribution in [3.05, 3.63) is 35.9 Å². The van der Waals surface area contributed by atoms with E-state index in [0.717, 1.165) is 31.4 Å². The third-order valence-corrected chi connectivity index (χ3v) is 2.55. The maximum Gasteiger partial charge on any atom is 0.306 e. The molecule has 0 aliphatic carbocycles. The van der Waals surface area contributed by atoms with Gasteiger partial charge in [-0.2, -0.15) is 0 Å². The molecule has 0 saturated heterocycles. The third kappa shape index (κ3) is 7.07. The lowest BCUT2D eigenvalue weighted by Gasteiger charge is -2.05. The minimum absolute atomic E-state index is 0.155. The van der Waals surface area contributed by atoms with Gasteiger partial charge in [-0.25, -0.2) is 0 Å². The number of hydrogen-bond acceptors (Lipinski definition) is 3. The summed E-state index contributed by atoms with van der Waals surface area (Å²) in [6.45, 7) is 3.91. The van der Waals surface area contributed by atoms with Crippen LogP contribution in [0.5, 0.6) is 0 Å². The molecule has 1 aromatic rings. The first kappa shape index (κ1) is 14.7. The molecule has 0 bridgehead atoms. The molecule has 3 heteroatoms. The Balaban J connectivity index is 2.01. The van der Waals surface area contributed by atoms with Gasteiger partial charge in [0.1, 0.15) is 6.61 Å². The SMILES string of the molecule is CCCCOCCCC(=O)OCc1ccccc1. The second-order valence-corrected chi connectivity index (χ2v) is 4.22.